The summed E-state index contributed by atoms with van der Waals surface area (Å²) in [5.41, 5.74) is 0.869. The van der Waals surface area contributed by atoms with Gasteiger partial charge in [0.05, 0.1) is 12.1 Å². The fraction of sp³-hybridized carbons (Fsp3) is 0.500. The second-order valence-electron chi connectivity index (χ2n) is 3.65. The predicted octanol–water partition coefficient (Wildman–Crippen LogP) is 0.122. The Hall–Kier alpha value is -1.69. The maximum absolute atomic E-state index is 11.7. The Morgan fingerprint density at radius 3 is 2.69 bits per heavy atom. The SMILES string of the molecule is Cc1nc(C)c(C(C)NCC(=O)O)c(=O)[nH]1. The fourth-order valence-electron chi connectivity index (χ4n) is 1.59. The van der Waals surface area contributed by atoms with Crippen LogP contribution in [0.25, 0.3) is 0 Å². The largest absolute Gasteiger partial charge is 0.480 e. The molecule has 0 fully saturated rings. The summed E-state index contributed by atoms with van der Waals surface area (Å²) in [5, 5.41) is 11.3. The van der Waals surface area contributed by atoms with Gasteiger partial charge in [-0.25, -0.2) is 4.98 Å². The van der Waals surface area contributed by atoms with E-state index in [9.17, 15) is 9.59 Å². The van der Waals surface area contributed by atoms with Crippen molar-refractivity contribution in [1.29, 1.82) is 0 Å². The first-order chi connectivity index (χ1) is 7.41. The van der Waals surface area contributed by atoms with Crippen LogP contribution in [0.5, 0.6) is 0 Å². The normalized spacial score (nSPS) is 12.4. The van der Waals surface area contributed by atoms with E-state index in [1.54, 1.807) is 20.8 Å². The predicted molar refractivity (Wildman–Crippen MR) is 58.4 cm³/mol. The van der Waals surface area contributed by atoms with Crippen molar-refractivity contribution < 1.29 is 9.90 Å². The molecule has 0 aliphatic carbocycles. The molecule has 0 aliphatic rings. The third-order valence-corrected chi connectivity index (χ3v) is 2.26. The molecule has 0 radical (unpaired) electrons. The number of carbonyl (C=O) groups is 1. The van der Waals surface area contributed by atoms with Crippen molar-refractivity contribution in [2.45, 2.75) is 26.8 Å². The Labute approximate surface area is 92.7 Å². The molecule has 16 heavy (non-hydrogen) atoms. The quantitative estimate of drug-likeness (QED) is 0.676. The smallest absolute Gasteiger partial charge is 0.317 e. The van der Waals surface area contributed by atoms with Crippen molar-refractivity contribution in [2.75, 3.05) is 6.54 Å². The van der Waals surface area contributed by atoms with Gasteiger partial charge >= 0.3 is 5.97 Å². The van der Waals surface area contributed by atoms with E-state index in [1.165, 1.54) is 0 Å². The molecule has 6 nitrogen and oxygen atoms in total. The number of H-pyrrole nitrogens is 1. The molecule has 3 N–H and O–H groups in total. The molecule has 1 atom stereocenters. The summed E-state index contributed by atoms with van der Waals surface area (Å²) in [5.74, 6) is -0.405. The van der Waals surface area contributed by atoms with Crippen LogP contribution in [0.15, 0.2) is 4.79 Å². The molecule has 0 aliphatic heterocycles. The number of aliphatic carboxylic acids is 1. The molecule has 0 saturated carbocycles. The maximum Gasteiger partial charge on any atom is 0.317 e. The van der Waals surface area contributed by atoms with Gasteiger partial charge in [0.15, 0.2) is 0 Å². The van der Waals surface area contributed by atoms with Crippen LogP contribution >= 0.6 is 0 Å². The van der Waals surface area contributed by atoms with Crippen LogP contribution in [0, 0.1) is 13.8 Å². The summed E-state index contributed by atoms with van der Waals surface area (Å²) in [4.78, 5) is 28.8. The molecule has 1 rings (SSSR count). The molecule has 6 heteroatoms. The maximum atomic E-state index is 11.7. The lowest BCUT2D eigenvalue weighted by Crippen LogP contribution is -2.31. The molecular formula is C10H15N3O3. The summed E-state index contributed by atoms with van der Waals surface area (Å²) in [7, 11) is 0. The summed E-state index contributed by atoms with van der Waals surface area (Å²) in [6.07, 6.45) is 0. The molecular weight excluding hydrogens is 210 g/mol. The number of carboxylic acid groups (broad SMARTS) is 1. The molecule has 1 aromatic heterocycles. The Kier molecular flexibility index (Phi) is 3.78. The minimum Gasteiger partial charge on any atom is -0.480 e. The molecule has 0 saturated heterocycles. The first-order valence-corrected chi connectivity index (χ1v) is 4.94. The zero-order valence-electron chi connectivity index (χ0n) is 9.50. The fourth-order valence-corrected chi connectivity index (χ4v) is 1.59. The van der Waals surface area contributed by atoms with Crippen LogP contribution < -0.4 is 10.9 Å². The van der Waals surface area contributed by atoms with Crippen LogP contribution in [0.2, 0.25) is 0 Å². The lowest BCUT2D eigenvalue weighted by Gasteiger charge is -2.13. The van der Waals surface area contributed by atoms with Crippen LogP contribution in [0.4, 0.5) is 0 Å². The second kappa shape index (κ2) is 4.89. The highest BCUT2D eigenvalue weighted by atomic mass is 16.4. The highest BCUT2D eigenvalue weighted by molar-refractivity contribution is 5.69. The van der Waals surface area contributed by atoms with Gasteiger partial charge in [-0.2, -0.15) is 0 Å². The summed E-state index contributed by atoms with van der Waals surface area (Å²) >= 11 is 0. The van der Waals surface area contributed by atoms with E-state index in [0.29, 0.717) is 17.1 Å². The van der Waals surface area contributed by atoms with Crippen molar-refractivity contribution in [2.24, 2.45) is 0 Å². The number of aryl methyl sites for hydroxylation is 2. The van der Waals surface area contributed by atoms with E-state index in [-0.39, 0.29) is 18.1 Å². The molecule has 0 spiro atoms. The van der Waals surface area contributed by atoms with Gasteiger partial charge in [0.1, 0.15) is 5.82 Å². The van der Waals surface area contributed by atoms with Crippen LogP contribution in [0.1, 0.15) is 30.0 Å². The van der Waals surface area contributed by atoms with Gasteiger partial charge < -0.3 is 15.4 Å². The van der Waals surface area contributed by atoms with E-state index < -0.39 is 5.97 Å². The van der Waals surface area contributed by atoms with Gasteiger partial charge in [-0.3, -0.25) is 9.59 Å². The molecule has 0 aromatic carbocycles. The Morgan fingerprint density at radius 2 is 2.19 bits per heavy atom. The standard InChI is InChI=1S/C10H15N3O3/c1-5(11-4-8(14)15)9-6(2)12-7(3)13-10(9)16/h5,11H,4H2,1-3H3,(H,14,15)(H,12,13,16). The second-order valence-corrected chi connectivity index (χ2v) is 3.65. The number of aromatic nitrogens is 2. The van der Waals surface area contributed by atoms with Crippen molar-refractivity contribution in [3.05, 3.63) is 27.4 Å². The van der Waals surface area contributed by atoms with Crippen molar-refractivity contribution in [3.8, 4) is 0 Å². The van der Waals surface area contributed by atoms with Gasteiger partial charge in [0.2, 0.25) is 0 Å². The monoisotopic (exact) mass is 225 g/mol. The molecule has 1 aromatic rings. The minimum absolute atomic E-state index is 0.187. The van der Waals surface area contributed by atoms with Gasteiger partial charge in [-0.1, -0.05) is 0 Å². The van der Waals surface area contributed by atoms with Crippen molar-refractivity contribution in [3.63, 3.8) is 0 Å². The lowest BCUT2D eigenvalue weighted by atomic mass is 10.1. The van der Waals surface area contributed by atoms with E-state index in [0.717, 1.165) is 0 Å². The Morgan fingerprint density at radius 1 is 1.56 bits per heavy atom. The average molecular weight is 225 g/mol. The Balaban J connectivity index is 2.95. The van der Waals surface area contributed by atoms with Crippen LogP contribution in [0.3, 0.4) is 0 Å². The van der Waals surface area contributed by atoms with Gasteiger partial charge in [0.25, 0.3) is 5.56 Å². The minimum atomic E-state index is -0.957. The summed E-state index contributed by atoms with van der Waals surface area (Å²) < 4.78 is 0. The van der Waals surface area contributed by atoms with E-state index in [2.05, 4.69) is 15.3 Å². The van der Waals surface area contributed by atoms with Crippen molar-refractivity contribution in [1.82, 2.24) is 15.3 Å². The first-order valence-electron chi connectivity index (χ1n) is 4.94. The molecule has 1 heterocycles. The third kappa shape index (κ3) is 2.90. The number of aromatic amines is 1. The molecule has 0 bridgehead atoms. The number of rotatable bonds is 4. The highest BCUT2D eigenvalue weighted by Crippen LogP contribution is 2.09. The first kappa shape index (κ1) is 12.4. The number of hydrogen-bond donors (Lipinski definition) is 3. The van der Waals surface area contributed by atoms with Crippen molar-refractivity contribution >= 4 is 5.97 Å². The van der Waals surface area contributed by atoms with E-state index >= 15 is 0 Å². The zero-order valence-corrected chi connectivity index (χ0v) is 9.50. The lowest BCUT2D eigenvalue weighted by molar-refractivity contribution is -0.136. The summed E-state index contributed by atoms with van der Waals surface area (Å²) in [6, 6.07) is -0.340. The zero-order chi connectivity index (χ0) is 12.3. The van der Waals surface area contributed by atoms with Gasteiger partial charge in [-0.05, 0) is 20.8 Å². The number of carboxylic acids is 1. The van der Waals surface area contributed by atoms with Crippen LogP contribution in [-0.2, 0) is 4.79 Å². The van der Waals surface area contributed by atoms with Gasteiger partial charge in [-0.15, -0.1) is 0 Å². The molecule has 1 unspecified atom stereocenters. The average Bonchev–Trinajstić information content (AvgIpc) is 2.12. The third-order valence-electron chi connectivity index (χ3n) is 2.26. The number of hydrogen-bond acceptors (Lipinski definition) is 4. The van der Waals surface area contributed by atoms with Crippen LogP contribution in [-0.4, -0.2) is 27.6 Å². The number of nitrogens with zero attached hydrogens (tertiary/aromatic N) is 1. The van der Waals surface area contributed by atoms with E-state index in [1.807, 2.05) is 0 Å². The summed E-state index contributed by atoms with van der Waals surface area (Å²) in [6.45, 7) is 4.98. The highest BCUT2D eigenvalue weighted by Gasteiger charge is 2.14. The van der Waals surface area contributed by atoms with Gasteiger partial charge in [0, 0.05) is 11.7 Å². The van der Waals surface area contributed by atoms with E-state index in [4.69, 9.17) is 5.11 Å². The molecule has 88 valence electrons. The molecule has 0 amide bonds. The topological polar surface area (TPSA) is 95.1 Å². The number of nitrogens with one attached hydrogen (secondary N) is 2. The Bertz CT molecular complexity index is 453.